The van der Waals surface area contributed by atoms with E-state index in [1.54, 1.807) is 24.3 Å². The normalized spacial score (nSPS) is 13.8. The number of nitrogens with zero attached hydrogens (tertiary/aromatic N) is 7. The summed E-state index contributed by atoms with van der Waals surface area (Å²) in [6.07, 6.45) is 0. The minimum absolute atomic E-state index is 0.0158. The summed E-state index contributed by atoms with van der Waals surface area (Å²) in [5.41, 5.74) is 1.40. The van der Waals surface area contributed by atoms with Crippen LogP contribution in [0.1, 0.15) is 21.9 Å². The molecule has 3 aromatic rings. The Bertz CT molecular complexity index is 1090. The van der Waals surface area contributed by atoms with E-state index < -0.39 is 0 Å². The Balaban J connectivity index is 1.41. The summed E-state index contributed by atoms with van der Waals surface area (Å²) < 4.78 is 5.76. The second kappa shape index (κ2) is 9.17. The molecule has 0 saturated carbocycles. The van der Waals surface area contributed by atoms with Crippen LogP contribution in [-0.2, 0) is 0 Å². The third kappa shape index (κ3) is 4.93. The zero-order valence-electron chi connectivity index (χ0n) is 18.8. The lowest BCUT2D eigenvalue weighted by molar-refractivity contribution is 0.0746. The standard InChI is InChI=1S/C23H27N7O2/c1-16-8-9-22(27-26-16)32-19-7-5-6-18(14-19)23(31)30-12-10-29(11-13-30)21-15-20(28(3)4)24-17(2)25-21/h5-9,14-15H,10-13H2,1-4H3. The van der Waals surface area contributed by atoms with Crippen molar-refractivity contribution >= 4 is 17.5 Å². The third-order valence-corrected chi connectivity index (χ3v) is 5.24. The molecule has 3 heterocycles. The zero-order valence-corrected chi connectivity index (χ0v) is 18.8. The van der Waals surface area contributed by atoms with Crippen molar-refractivity contribution in [3.8, 4) is 11.6 Å². The molecule has 1 aliphatic heterocycles. The van der Waals surface area contributed by atoms with E-state index in [0.717, 1.165) is 23.2 Å². The number of benzene rings is 1. The van der Waals surface area contributed by atoms with Gasteiger partial charge in [-0.25, -0.2) is 9.97 Å². The van der Waals surface area contributed by atoms with E-state index in [2.05, 4.69) is 25.1 Å². The van der Waals surface area contributed by atoms with Crippen LogP contribution in [0.4, 0.5) is 11.6 Å². The van der Waals surface area contributed by atoms with Gasteiger partial charge in [-0.05, 0) is 38.1 Å². The monoisotopic (exact) mass is 433 g/mol. The third-order valence-electron chi connectivity index (χ3n) is 5.24. The number of rotatable bonds is 5. The molecule has 0 bridgehead atoms. The maximum absolute atomic E-state index is 13.1. The van der Waals surface area contributed by atoms with Gasteiger partial charge in [-0.2, -0.15) is 5.10 Å². The van der Waals surface area contributed by atoms with E-state index >= 15 is 0 Å². The molecule has 1 amide bonds. The van der Waals surface area contributed by atoms with Crippen LogP contribution in [0.25, 0.3) is 0 Å². The molecule has 0 aliphatic carbocycles. The molecular formula is C23H27N7O2. The molecule has 0 atom stereocenters. The predicted octanol–water partition coefficient (Wildman–Crippen LogP) is 2.70. The maximum Gasteiger partial charge on any atom is 0.254 e. The van der Waals surface area contributed by atoms with Crippen molar-refractivity contribution in [1.29, 1.82) is 0 Å². The number of anilines is 2. The Morgan fingerprint density at radius 2 is 1.75 bits per heavy atom. The highest BCUT2D eigenvalue weighted by atomic mass is 16.5. The van der Waals surface area contributed by atoms with Crippen molar-refractivity contribution < 1.29 is 9.53 Å². The zero-order chi connectivity index (χ0) is 22.7. The van der Waals surface area contributed by atoms with E-state index in [1.165, 1.54) is 0 Å². The lowest BCUT2D eigenvalue weighted by Crippen LogP contribution is -2.49. The van der Waals surface area contributed by atoms with Gasteiger partial charge >= 0.3 is 0 Å². The van der Waals surface area contributed by atoms with Gasteiger partial charge in [0.1, 0.15) is 23.2 Å². The Kier molecular flexibility index (Phi) is 6.16. The van der Waals surface area contributed by atoms with Gasteiger partial charge in [0, 0.05) is 58.0 Å². The van der Waals surface area contributed by atoms with Crippen molar-refractivity contribution in [2.75, 3.05) is 50.1 Å². The first-order chi connectivity index (χ1) is 15.4. The Labute approximate surface area is 187 Å². The Morgan fingerprint density at radius 3 is 2.44 bits per heavy atom. The van der Waals surface area contributed by atoms with Crippen LogP contribution in [0.15, 0.2) is 42.5 Å². The molecule has 4 rings (SSSR count). The molecule has 1 fully saturated rings. The molecule has 2 aromatic heterocycles. The number of piperazine rings is 1. The summed E-state index contributed by atoms with van der Waals surface area (Å²) in [6, 6.07) is 12.7. The number of amides is 1. The summed E-state index contributed by atoms with van der Waals surface area (Å²) in [7, 11) is 3.93. The number of aromatic nitrogens is 4. The number of ether oxygens (including phenoxy) is 1. The van der Waals surface area contributed by atoms with Crippen LogP contribution in [0.2, 0.25) is 0 Å². The Hall–Kier alpha value is -3.75. The van der Waals surface area contributed by atoms with Gasteiger partial charge in [0.25, 0.3) is 5.91 Å². The highest BCUT2D eigenvalue weighted by Crippen LogP contribution is 2.23. The van der Waals surface area contributed by atoms with Crippen LogP contribution in [0.3, 0.4) is 0 Å². The highest BCUT2D eigenvalue weighted by molar-refractivity contribution is 5.94. The van der Waals surface area contributed by atoms with E-state index in [0.29, 0.717) is 43.4 Å². The van der Waals surface area contributed by atoms with E-state index in [1.807, 2.05) is 55.9 Å². The van der Waals surface area contributed by atoms with Gasteiger partial charge in [0.2, 0.25) is 5.88 Å². The first-order valence-corrected chi connectivity index (χ1v) is 10.5. The molecule has 0 unspecified atom stereocenters. The first-order valence-electron chi connectivity index (χ1n) is 10.5. The second-order valence-electron chi connectivity index (χ2n) is 7.95. The molecule has 0 N–H and O–H groups in total. The highest BCUT2D eigenvalue weighted by Gasteiger charge is 2.24. The van der Waals surface area contributed by atoms with Gasteiger partial charge in [0.15, 0.2) is 0 Å². The summed E-state index contributed by atoms with van der Waals surface area (Å²) in [5.74, 6) is 3.44. The van der Waals surface area contributed by atoms with Crippen molar-refractivity contribution in [1.82, 2.24) is 25.1 Å². The number of hydrogen-bond donors (Lipinski definition) is 0. The van der Waals surface area contributed by atoms with Crippen molar-refractivity contribution in [3.63, 3.8) is 0 Å². The minimum Gasteiger partial charge on any atom is -0.438 e. The number of hydrogen-bond acceptors (Lipinski definition) is 8. The van der Waals surface area contributed by atoms with Crippen LogP contribution in [-0.4, -0.2) is 71.2 Å². The quantitative estimate of drug-likeness (QED) is 0.607. The average Bonchev–Trinajstić information content (AvgIpc) is 2.80. The SMILES string of the molecule is Cc1ccc(Oc2cccc(C(=O)N3CCN(c4cc(N(C)C)nc(C)n4)CC3)c2)nn1. The number of carbonyl (C=O) groups is 1. The smallest absolute Gasteiger partial charge is 0.254 e. The largest absolute Gasteiger partial charge is 0.438 e. The predicted molar refractivity (Wildman–Crippen MR) is 122 cm³/mol. The average molecular weight is 434 g/mol. The summed E-state index contributed by atoms with van der Waals surface area (Å²) in [4.78, 5) is 28.1. The molecule has 0 spiro atoms. The van der Waals surface area contributed by atoms with Crippen molar-refractivity contribution in [2.24, 2.45) is 0 Å². The van der Waals surface area contributed by atoms with Gasteiger partial charge < -0.3 is 19.4 Å². The van der Waals surface area contributed by atoms with E-state index in [4.69, 9.17) is 4.74 Å². The number of aryl methyl sites for hydroxylation is 2. The molecule has 9 nitrogen and oxygen atoms in total. The van der Waals surface area contributed by atoms with Crippen LogP contribution in [0, 0.1) is 13.8 Å². The van der Waals surface area contributed by atoms with Crippen molar-refractivity contribution in [3.05, 3.63) is 59.5 Å². The topological polar surface area (TPSA) is 87.6 Å². The van der Waals surface area contributed by atoms with Gasteiger partial charge in [-0.1, -0.05) is 6.07 Å². The lowest BCUT2D eigenvalue weighted by atomic mass is 10.1. The van der Waals surface area contributed by atoms with E-state index in [9.17, 15) is 4.79 Å². The van der Waals surface area contributed by atoms with Crippen molar-refractivity contribution in [2.45, 2.75) is 13.8 Å². The first kappa shape index (κ1) is 21.5. The second-order valence-corrected chi connectivity index (χ2v) is 7.95. The number of carbonyl (C=O) groups excluding carboxylic acids is 1. The Morgan fingerprint density at radius 1 is 0.969 bits per heavy atom. The molecule has 1 saturated heterocycles. The molecule has 0 radical (unpaired) electrons. The van der Waals surface area contributed by atoms with Gasteiger partial charge in [-0.15, -0.1) is 5.10 Å². The molecule has 166 valence electrons. The van der Waals surface area contributed by atoms with Gasteiger partial charge in [-0.3, -0.25) is 4.79 Å². The van der Waals surface area contributed by atoms with Crippen LogP contribution >= 0.6 is 0 Å². The fourth-order valence-corrected chi connectivity index (χ4v) is 3.50. The van der Waals surface area contributed by atoms with Crippen LogP contribution < -0.4 is 14.5 Å². The van der Waals surface area contributed by atoms with Gasteiger partial charge in [0.05, 0.1) is 5.69 Å². The fraction of sp³-hybridized carbons (Fsp3) is 0.348. The summed E-state index contributed by atoms with van der Waals surface area (Å²) >= 11 is 0. The molecule has 1 aromatic carbocycles. The molecule has 1 aliphatic rings. The summed E-state index contributed by atoms with van der Waals surface area (Å²) in [6.45, 7) is 6.42. The summed E-state index contributed by atoms with van der Waals surface area (Å²) in [5, 5.41) is 8.00. The molecular weight excluding hydrogens is 406 g/mol. The molecule has 32 heavy (non-hydrogen) atoms. The lowest BCUT2D eigenvalue weighted by Gasteiger charge is -2.35. The fourth-order valence-electron chi connectivity index (χ4n) is 3.50. The van der Waals surface area contributed by atoms with E-state index in [-0.39, 0.29) is 5.91 Å². The maximum atomic E-state index is 13.1. The van der Waals surface area contributed by atoms with Crippen LogP contribution in [0.5, 0.6) is 11.6 Å². The molecule has 9 heteroatoms. The minimum atomic E-state index is -0.0158.